The van der Waals surface area contributed by atoms with Crippen molar-refractivity contribution in [2.75, 3.05) is 0 Å². The standard InChI is InChI=1S/C14H20O2/c1-9(2)16-12-6-4-11(5-7-12)14(15)13-8-10(13)3/h4-7,9-10,13-15H,8H2,1-3H3. The quantitative estimate of drug-likeness (QED) is 0.844. The Hall–Kier alpha value is -1.02. The summed E-state index contributed by atoms with van der Waals surface area (Å²) in [5, 5.41) is 10.1. The fraction of sp³-hybridized carbons (Fsp3) is 0.571. The molecular weight excluding hydrogens is 200 g/mol. The SMILES string of the molecule is CC(C)Oc1ccc(C(O)C2CC2C)cc1. The molecule has 2 heteroatoms. The van der Waals surface area contributed by atoms with Crippen LogP contribution in [0.4, 0.5) is 0 Å². The minimum Gasteiger partial charge on any atom is -0.491 e. The fourth-order valence-corrected chi connectivity index (χ4v) is 2.05. The maximum atomic E-state index is 10.1. The lowest BCUT2D eigenvalue weighted by molar-refractivity contribution is 0.148. The minimum absolute atomic E-state index is 0.194. The van der Waals surface area contributed by atoms with Crippen molar-refractivity contribution >= 4 is 0 Å². The molecule has 3 unspecified atom stereocenters. The van der Waals surface area contributed by atoms with Crippen molar-refractivity contribution in [1.29, 1.82) is 0 Å². The minimum atomic E-state index is -0.303. The molecule has 1 aliphatic carbocycles. The van der Waals surface area contributed by atoms with Crippen molar-refractivity contribution in [1.82, 2.24) is 0 Å². The maximum absolute atomic E-state index is 10.1. The maximum Gasteiger partial charge on any atom is 0.119 e. The zero-order valence-electron chi connectivity index (χ0n) is 10.2. The first-order chi connectivity index (χ1) is 7.58. The van der Waals surface area contributed by atoms with E-state index in [-0.39, 0.29) is 12.2 Å². The van der Waals surface area contributed by atoms with Gasteiger partial charge in [-0.05, 0) is 49.8 Å². The number of rotatable bonds is 4. The van der Waals surface area contributed by atoms with Crippen LogP contribution in [-0.4, -0.2) is 11.2 Å². The van der Waals surface area contributed by atoms with Gasteiger partial charge in [0.1, 0.15) is 5.75 Å². The summed E-state index contributed by atoms with van der Waals surface area (Å²) in [6.45, 7) is 6.20. The Morgan fingerprint density at radius 2 is 1.81 bits per heavy atom. The molecule has 0 spiro atoms. The summed E-state index contributed by atoms with van der Waals surface area (Å²) in [7, 11) is 0. The van der Waals surface area contributed by atoms with E-state index in [0.29, 0.717) is 11.8 Å². The van der Waals surface area contributed by atoms with E-state index in [9.17, 15) is 5.11 Å². The summed E-state index contributed by atoms with van der Waals surface area (Å²) < 4.78 is 5.56. The Morgan fingerprint density at radius 3 is 2.25 bits per heavy atom. The molecule has 0 aliphatic heterocycles. The predicted octanol–water partition coefficient (Wildman–Crippen LogP) is 3.16. The number of hydrogen-bond donors (Lipinski definition) is 1. The van der Waals surface area contributed by atoms with Gasteiger partial charge in [0.05, 0.1) is 12.2 Å². The van der Waals surface area contributed by atoms with Gasteiger partial charge in [0.25, 0.3) is 0 Å². The molecule has 1 saturated carbocycles. The van der Waals surface area contributed by atoms with Gasteiger partial charge in [-0.2, -0.15) is 0 Å². The second-order valence-corrected chi connectivity index (χ2v) is 5.06. The zero-order chi connectivity index (χ0) is 11.7. The van der Waals surface area contributed by atoms with Crippen LogP contribution < -0.4 is 4.74 Å². The van der Waals surface area contributed by atoms with Crippen molar-refractivity contribution in [3.05, 3.63) is 29.8 Å². The van der Waals surface area contributed by atoms with Crippen LogP contribution in [0, 0.1) is 11.8 Å². The summed E-state index contributed by atoms with van der Waals surface area (Å²) >= 11 is 0. The number of aliphatic hydroxyl groups excluding tert-OH is 1. The van der Waals surface area contributed by atoms with E-state index in [1.54, 1.807) is 0 Å². The molecule has 0 aromatic heterocycles. The van der Waals surface area contributed by atoms with Crippen LogP contribution in [0.1, 0.15) is 38.9 Å². The molecule has 2 nitrogen and oxygen atoms in total. The Bertz CT molecular complexity index is 342. The number of aliphatic hydroxyl groups is 1. The lowest BCUT2D eigenvalue weighted by Gasteiger charge is -2.13. The molecule has 1 aromatic rings. The molecule has 16 heavy (non-hydrogen) atoms. The van der Waals surface area contributed by atoms with Gasteiger partial charge in [-0.1, -0.05) is 19.1 Å². The normalized spacial score (nSPS) is 25.6. The van der Waals surface area contributed by atoms with Gasteiger partial charge in [0.15, 0.2) is 0 Å². The Kier molecular flexibility index (Phi) is 3.20. The lowest BCUT2D eigenvalue weighted by atomic mass is 10.0. The second kappa shape index (κ2) is 4.46. The molecule has 1 aromatic carbocycles. The molecule has 0 radical (unpaired) electrons. The van der Waals surface area contributed by atoms with Gasteiger partial charge in [0, 0.05) is 0 Å². The highest BCUT2D eigenvalue weighted by Crippen LogP contribution is 2.46. The van der Waals surface area contributed by atoms with Crippen molar-refractivity contribution in [2.24, 2.45) is 11.8 Å². The Balaban J connectivity index is 2.01. The van der Waals surface area contributed by atoms with Gasteiger partial charge >= 0.3 is 0 Å². The molecule has 3 atom stereocenters. The summed E-state index contributed by atoms with van der Waals surface area (Å²) in [4.78, 5) is 0. The van der Waals surface area contributed by atoms with Crippen LogP contribution >= 0.6 is 0 Å². The van der Waals surface area contributed by atoms with Crippen molar-refractivity contribution < 1.29 is 9.84 Å². The van der Waals surface area contributed by atoms with E-state index in [4.69, 9.17) is 4.74 Å². The molecule has 1 N–H and O–H groups in total. The Morgan fingerprint density at radius 1 is 1.25 bits per heavy atom. The monoisotopic (exact) mass is 220 g/mol. The average Bonchev–Trinajstić information content (AvgIpc) is 2.95. The van der Waals surface area contributed by atoms with Gasteiger partial charge in [-0.3, -0.25) is 0 Å². The first-order valence-corrected chi connectivity index (χ1v) is 6.02. The number of hydrogen-bond acceptors (Lipinski definition) is 2. The molecule has 0 amide bonds. The van der Waals surface area contributed by atoms with Crippen LogP contribution in [0.3, 0.4) is 0 Å². The van der Waals surface area contributed by atoms with E-state index in [2.05, 4.69) is 6.92 Å². The fourth-order valence-electron chi connectivity index (χ4n) is 2.05. The van der Waals surface area contributed by atoms with Crippen LogP contribution in [0.2, 0.25) is 0 Å². The van der Waals surface area contributed by atoms with Gasteiger partial charge in [-0.25, -0.2) is 0 Å². The number of ether oxygens (including phenoxy) is 1. The first kappa shape index (κ1) is 11.5. The largest absolute Gasteiger partial charge is 0.491 e. The van der Waals surface area contributed by atoms with Crippen molar-refractivity contribution in [3.8, 4) is 5.75 Å². The van der Waals surface area contributed by atoms with E-state index >= 15 is 0 Å². The molecule has 1 aliphatic rings. The van der Waals surface area contributed by atoms with E-state index < -0.39 is 0 Å². The third-order valence-electron chi connectivity index (χ3n) is 3.17. The number of benzene rings is 1. The highest BCUT2D eigenvalue weighted by molar-refractivity contribution is 5.29. The van der Waals surface area contributed by atoms with Crippen LogP contribution in [0.25, 0.3) is 0 Å². The van der Waals surface area contributed by atoms with Crippen LogP contribution in [-0.2, 0) is 0 Å². The summed E-state index contributed by atoms with van der Waals surface area (Å²) in [6.07, 6.45) is 1.04. The van der Waals surface area contributed by atoms with Crippen molar-refractivity contribution in [2.45, 2.75) is 39.4 Å². The molecule has 0 bridgehead atoms. The van der Waals surface area contributed by atoms with E-state index in [1.165, 1.54) is 0 Å². The molecule has 0 saturated heterocycles. The van der Waals surface area contributed by atoms with Crippen LogP contribution in [0.5, 0.6) is 5.75 Å². The highest BCUT2D eigenvalue weighted by Gasteiger charge is 2.39. The van der Waals surface area contributed by atoms with E-state index in [1.807, 2.05) is 38.1 Å². The van der Waals surface area contributed by atoms with E-state index in [0.717, 1.165) is 17.7 Å². The smallest absolute Gasteiger partial charge is 0.119 e. The summed E-state index contributed by atoms with van der Waals surface area (Å²) in [6, 6.07) is 7.80. The third kappa shape index (κ3) is 2.56. The lowest BCUT2D eigenvalue weighted by Crippen LogP contribution is -2.06. The summed E-state index contributed by atoms with van der Waals surface area (Å²) in [5.74, 6) is 1.99. The topological polar surface area (TPSA) is 29.5 Å². The average molecular weight is 220 g/mol. The van der Waals surface area contributed by atoms with Gasteiger partial charge in [0.2, 0.25) is 0 Å². The molecule has 0 heterocycles. The van der Waals surface area contributed by atoms with Gasteiger partial charge < -0.3 is 9.84 Å². The van der Waals surface area contributed by atoms with Crippen molar-refractivity contribution in [3.63, 3.8) is 0 Å². The first-order valence-electron chi connectivity index (χ1n) is 6.02. The third-order valence-corrected chi connectivity index (χ3v) is 3.17. The second-order valence-electron chi connectivity index (χ2n) is 5.06. The molecule has 2 rings (SSSR count). The van der Waals surface area contributed by atoms with Crippen LogP contribution in [0.15, 0.2) is 24.3 Å². The summed E-state index contributed by atoms with van der Waals surface area (Å²) in [5.41, 5.74) is 1.01. The molecule has 88 valence electrons. The molecule has 1 fully saturated rings. The predicted molar refractivity (Wildman–Crippen MR) is 64.4 cm³/mol. The zero-order valence-corrected chi connectivity index (χ0v) is 10.2. The highest BCUT2D eigenvalue weighted by atomic mass is 16.5. The Labute approximate surface area is 97.3 Å². The molecular formula is C14H20O2. The van der Waals surface area contributed by atoms with Gasteiger partial charge in [-0.15, -0.1) is 0 Å².